The molecule has 16 heavy (non-hydrogen) atoms. The molecule has 0 aromatic heterocycles. The van der Waals surface area contributed by atoms with Crippen molar-refractivity contribution in [1.82, 2.24) is 9.80 Å². The number of likely N-dealkylation sites (N-methyl/N-ethyl adjacent to an activating group) is 2. The number of amides is 1. The molecule has 0 aliphatic carbocycles. The molecule has 0 rings (SSSR count). The molecule has 0 saturated carbocycles. The lowest BCUT2D eigenvalue weighted by atomic mass is 10.0. The van der Waals surface area contributed by atoms with Crippen LogP contribution in [0.3, 0.4) is 0 Å². The number of rotatable bonds is 5. The summed E-state index contributed by atoms with van der Waals surface area (Å²) in [6, 6.07) is 2.01. The molecule has 4 nitrogen and oxygen atoms in total. The molecule has 0 unspecified atom stereocenters. The fourth-order valence-corrected chi connectivity index (χ4v) is 1.47. The smallest absolute Gasteiger partial charge is 0.240 e. The van der Waals surface area contributed by atoms with E-state index in [-0.39, 0.29) is 11.9 Å². The summed E-state index contributed by atoms with van der Waals surface area (Å²) in [5, 5.41) is 9.01. The minimum Gasteiger partial charge on any atom is -0.326 e. The summed E-state index contributed by atoms with van der Waals surface area (Å²) in [5.41, 5.74) is -0.751. The molecule has 4 heteroatoms. The largest absolute Gasteiger partial charge is 0.326 e. The van der Waals surface area contributed by atoms with Gasteiger partial charge in [-0.25, -0.2) is 0 Å². The standard InChI is InChI=1S/C12H23N3O/c1-7-10(14(5)8-2)11(16)15(6)12(3,4)9-13/h10H,7-8H2,1-6H3/t10-/m0/s1. The zero-order valence-corrected chi connectivity index (χ0v) is 11.2. The van der Waals surface area contributed by atoms with E-state index in [1.54, 1.807) is 20.9 Å². The maximum atomic E-state index is 12.2. The van der Waals surface area contributed by atoms with Gasteiger partial charge in [-0.05, 0) is 33.9 Å². The highest BCUT2D eigenvalue weighted by Gasteiger charge is 2.32. The molecule has 0 aliphatic heterocycles. The Morgan fingerprint density at radius 2 is 1.88 bits per heavy atom. The summed E-state index contributed by atoms with van der Waals surface area (Å²) in [6.07, 6.45) is 0.759. The van der Waals surface area contributed by atoms with Gasteiger partial charge in [-0.2, -0.15) is 5.26 Å². The first kappa shape index (κ1) is 14.9. The highest BCUT2D eigenvalue weighted by Crippen LogP contribution is 2.15. The van der Waals surface area contributed by atoms with Gasteiger partial charge in [0.1, 0.15) is 5.54 Å². The Morgan fingerprint density at radius 3 is 2.19 bits per heavy atom. The second-order valence-corrected chi connectivity index (χ2v) is 4.57. The van der Waals surface area contributed by atoms with Gasteiger partial charge in [-0.1, -0.05) is 13.8 Å². The zero-order chi connectivity index (χ0) is 12.9. The Balaban J connectivity index is 4.84. The second kappa shape index (κ2) is 5.86. The molecule has 0 spiro atoms. The summed E-state index contributed by atoms with van der Waals surface area (Å²) in [5.74, 6) is 0.0124. The predicted octanol–water partition coefficient (Wildman–Crippen LogP) is 1.48. The van der Waals surface area contributed by atoms with E-state index in [1.165, 1.54) is 4.90 Å². The van der Waals surface area contributed by atoms with Crippen LogP contribution in [-0.2, 0) is 4.79 Å². The third-order valence-corrected chi connectivity index (χ3v) is 3.15. The molecule has 0 aromatic carbocycles. The van der Waals surface area contributed by atoms with Crippen molar-refractivity contribution >= 4 is 5.91 Å². The molecule has 1 atom stereocenters. The van der Waals surface area contributed by atoms with E-state index in [0.29, 0.717) is 0 Å². The highest BCUT2D eigenvalue weighted by atomic mass is 16.2. The number of nitriles is 1. The number of nitrogens with zero attached hydrogens (tertiary/aromatic N) is 3. The third kappa shape index (κ3) is 3.21. The van der Waals surface area contributed by atoms with Crippen LogP contribution in [0.1, 0.15) is 34.1 Å². The summed E-state index contributed by atoms with van der Waals surface area (Å²) in [6.45, 7) is 8.34. The van der Waals surface area contributed by atoms with Gasteiger partial charge in [0.15, 0.2) is 0 Å². The summed E-state index contributed by atoms with van der Waals surface area (Å²) in [7, 11) is 3.62. The lowest BCUT2D eigenvalue weighted by molar-refractivity contribution is -0.138. The topological polar surface area (TPSA) is 47.3 Å². The first-order valence-electron chi connectivity index (χ1n) is 5.70. The van der Waals surface area contributed by atoms with Crippen molar-refractivity contribution in [3.8, 4) is 6.07 Å². The van der Waals surface area contributed by atoms with Gasteiger partial charge in [0, 0.05) is 7.05 Å². The minimum absolute atomic E-state index is 0.0124. The Hall–Kier alpha value is -1.08. The minimum atomic E-state index is -0.751. The van der Waals surface area contributed by atoms with Crippen LogP contribution in [0.25, 0.3) is 0 Å². The van der Waals surface area contributed by atoms with Crippen molar-refractivity contribution in [1.29, 1.82) is 5.26 Å². The van der Waals surface area contributed by atoms with Crippen LogP contribution >= 0.6 is 0 Å². The molecular formula is C12H23N3O. The van der Waals surface area contributed by atoms with Crippen LogP contribution in [0.15, 0.2) is 0 Å². The maximum Gasteiger partial charge on any atom is 0.240 e. The van der Waals surface area contributed by atoms with Crippen molar-refractivity contribution in [2.24, 2.45) is 0 Å². The van der Waals surface area contributed by atoms with E-state index in [0.717, 1.165) is 13.0 Å². The molecule has 0 N–H and O–H groups in total. The Bertz CT molecular complexity index is 280. The number of carbonyl (C=O) groups is 1. The van der Waals surface area contributed by atoms with Gasteiger partial charge < -0.3 is 4.90 Å². The summed E-state index contributed by atoms with van der Waals surface area (Å²) >= 11 is 0. The quantitative estimate of drug-likeness (QED) is 0.712. The van der Waals surface area contributed by atoms with E-state index >= 15 is 0 Å². The zero-order valence-electron chi connectivity index (χ0n) is 11.2. The van der Waals surface area contributed by atoms with Gasteiger partial charge in [-0.3, -0.25) is 9.69 Å². The van der Waals surface area contributed by atoms with E-state index in [4.69, 9.17) is 5.26 Å². The average Bonchev–Trinajstić information content (AvgIpc) is 2.28. The van der Waals surface area contributed by atoms with Crippen LogP contribution < -0.4 is 0 Å². The number of carbonyl (C=O) groups excluding carboxylic acids is 1. The molecule has 0 fully saturated rings. The summed E-state index contributed by atoms with van der Waals surface area (Å²) < 4.78 is 0. The molecule has 0 aromatic rings. The van der Waals surface area contributed by atoms with E-state index in [1.807, 2.05) is 25.8 Å². The lowest BCUT2D eigenvalue weighted by Crippen LogP contribution is -2.52. The molecule has 1 amide bonds. The number of hydrogen-bond donors (Lipinski definition) is 0. The maximum absolute atomic E-state index is 12.2. The Labute approximate surface area is 98.8 Å². The fourth-order valence-electron chi connectivity index (χ4n) is 1.47. The van der Waals surface area contributed by atoms with Crippen molar-refractivity contribution < 1.29 is 4.79 Å². The third-order valence-electron chi connectivity index (χ3n) is 3.15. The first-order valence-corrected chi connectivity index (χ1v) is 5.70. The molecule has 92 valence electrons. The van der Waals surface area contributed by atoms with Crippen molar-refractivity contribution in [2.75, 3.05) is 20.6 Å². The monoisotopic (exact) mass is 225 g/mol. The predicted molar refractivity (Wildman–Crippen MR) is 64.8 cm³/mol. The first-order chi connectivity index (χ1) is 7.31. The highest BCUT2D eigenvalue weighted by molar-refractivity contribution is 5.82. The van der Waals surface area contributed by atoms with Crippen LogP contribution in [0.4, 0.5) is 0 Å². The Kier molecular flexibility index (Phi) is 5.46. The SMILES string of the molecule is CC[C@@H](C(=O)N(C)C(C)(C)C#N)N(C)CC. The fraction of sp³-hybridized carbons (Fsp3) is 0.833. The average molecular weight is 225 g/mol. The molecule has 0 aliphatic rings. The lowest BCUT2D eigenvalue weighted by Gasteiger charge is -2.35. The van der Waals surface area contributed by atoms with E-state index in [9.17, 15) is 4.79 Å². The molecule has 0 bridgehead atoms. The molecule has 0 radical (unpaired) electrons. The van der Waals surface area contributed by atoms with Crippen LogP contribution in [0, 0.1) is 11.3 Å². The van der Waals surface area contributed by atoms with Crippen molar-refractivity contribution in [3.63, 3.8) is 0 Å². The van der Waals surface area contributed by atoms with Crippen molar-refractivity contribution in [3.05, 3.63) is 0 Å². The van der Waals surface area contributed by atoms with Gasteiger partial charge >= 0.3 is 0 Å². The van der Waals surface area contributed by atoms with Gasteiger partial charge in [0.25, 0.3) is 0 Å². The molecular weight excluding hydrogens is 202 g/mol. The van der Waals surface area contributed by atoms with E-state index < -0.39 is 5.54 Å². The Morgan fingerprint density at radius 1 is 1.38 bits per heavy atom. The molecule has 0 saturated heterocycles. The normalized spacial score (nSPS) is 13.4. The van der Waals surface area contributed by atoms with Crippen molar-refractivity contribution in [2.45, 2.75) is 45.7 Å². The van der Waals surface area contributed by atoms with Gasteiger partial charge in [0.2, 0.25) is 5.91 Å². The van der Waals surface area contributed by atoms with Gasteiger partial charge in [0.05, 0.1) is 12.1 Å². The second-order valence-electron chi connectivity index (χ2n) is 4.57. The number of hydrogen-bond acceptors (Lipinski definition) is 3. The van der Waals surface area contributed by atoms with Crippen LogP contribution in [0.5, 0.6) is 0 Å². The summed E-state index contributed by atoms with van der Waals surface area (Å²) in [4.78, 5) is 15.8. The van der Waals surface area contributed by atoms with Crippen LogP contribution in [-0.4, -0.2) is 47.9 Å². The van der Waals surface area contributed by atoms with E-state index in [2.05, 4.69) is 6.07 Å². The van der Waals surface area contributed by atoms with Gasteiger partial charge in [-0.15, -0.1) is 0 Å². The molecule has 0 heterocycles. The van der Waals surface area contributed by atoms with Crippen LogP contribution in [0.2, 0.25) is 0 Å².